The van der Waals surface area contributed by atoms with Crippen LogP contribution in [-0.2, 0) is 6.42 Å². The number of benzene rings is 1. The molecule has 1 aromatic heterocycles. The molecular weight excluding hydrogens is 327 g/mol. The number of nitrogens with zero attached hydrogens (tertiary/aromatic N) is 1. The molecule has 0 radical (unpaired) electrons. The third-order valence-electron chi connectivity index (χ3n) is 3.14. The van der Waals surface area contributed by atoms with Crippen molar-refractivity contribution in [3.63, 3.8) is 0 Å². The van der Waals surface area contributed by atoms with Crippen LogP contribution >= 0.6 is 27.3 Å². The number of nitrogens with one attached hydrogen (secondary N) is 1. The van der Waals surface area contributed by atoms with Crippen LogP contribution in [0.15, 0.2) is 22.7 Å². The Hall–Kier alpha value is -0.780. The predicted octanol–water partition coefficient (Wildman–Crippen LogP) is 4.16. The van der Waals surface area contributed by atoms with Crippen molar-refractivity contribution in [1.29, 1.82) is 0 Å². The highest BCUT2D eigenvalue weighted by Gasteiger charge is 2.17. The first kappa shape index (κ1) is 14.6. The quantitative estimate of drug-likeness (QED) is 0.902. The highest BCUT2D eigenvalue weighted by atomic mass is 79.9. The third kappa shape index (κ3) is 3.41. The van der Waals surface area contributed by atoms with E-state index in [9.17, 15) is 4.39 Å². The summed E-state index contributed by atoms with van der Waals surface area (Å²) in [5, 5.41) is 4.21. The zero-order chi connectivity index (χ0) is 14.0. The molecule has 0 saturated heterocycles. The van der Waals surface area contributed by atoms with Gasteiger partial charge in [-0.1, -0.05) is 22.0 Å². The minimum atomic E-state index is -0.196. The first-order chi connectivity index (χ1) is 9.01. The Bertz CT molecular complexity index is 563. The monoisotopic (exact) mass is 342 g/mol. The number of aryl methyl sites for hydroxylation is 2. The normalized spacial score (nSPS) is 12.7. The van der Waals surface area contributed by atoms with Crippen LogP contribution in [0.5, 0.6) is 0 Å². The molecule has 0 saturated carbocycles. The molecule has 0 bridgehead atoms. The van der Waals surface area contributed by atoms with Gasteiger partial charge in [-0.05, 0) is 33.0 Å². The molecule has 0 amide bonds. The van der Waals surface area contributed by atoms with Crippen molar-refractivity contribution in [3.8, 4) is 0 Å². The molecule has 0 fully saturated rings. The van der Waals surface area contributed by atoms with Gasteiger partial charge in [-0.3, -0.25) is 0 Å². The second kappa shape index (κ2) is 6.11. The van der Waals surface area contributed by atoms with E-state index >= 15 is 0 Å². The number of halogens is 2. The molecule has 5 heteroatoms. The number of rotatable bonds is 4. The molecule has 2 nitrogen and oxygen atoms in total. The molecule has 2 rings (SSSR count). The SMILES string of the molecule is CNC(Cc1nc(C)c(C)s1)c1ccc(Br)cc1F. The van der Waals surface area contributed by atoms with E-state index in [1.54, 1.807) is 11.3 Å². The van der Waals surface area contributed by atoms with Gasteiger partial charge in [-0.25, -0.2) is 9.37 Å². The minimum absolute atomic E-state index is 0.0574. The lowest BCUT2D eigenvalue weighted by Crippen LogP contribution is -2.20. The van der Waals surface area contributed by atoms with Gasteiger partial charge in [0, 0.05) is 27.4 Å². The molecule has 0 aliphatic heterocycles. The van der Waals surface area contributed by atoms with Crippen molar-refractivity contribution in [2.75, 3.05) is 7.05 Å². The Kier molecular flexibility index (Phi) is 4.71. The average molecular weight is 343 g/mol. The molecule has 1 unspecified atom stereocenters. The maximum absolute atomic E-state index is 14.0. The van der Waals surface area contributed by atoms with Gasteiger partial charge in [0.25, 0.3) is 0 Å². The highest BCUT2D eigenvalue weighted by Crippen LogP contribution is 2.26. The summed E-state index contributed by atoms with van der Waals surface area (Å²) in [6.45, 7) is 4.06. The third-order valence-corrected chi connectivity index (χ3v) is 4.73. The molecule has 0 aliphatic carbocycles. The predicted molar refractivity (Wildman–Crippen MR) is 81.2 cm³/mol. The van der Waals surface area contributed by atoms with Crippen LogP contribution in [0.3, 0.4) is 0 Å². The van der Waals surface area contributed by atoms with E-state index in [4.69, 9.17) is 0 Å². The summed E-state index contributed by atoms with van der Waals surface area (Å²) in [4.78, 5) is 5.74. The topological polar surface area (TPSA) is 24.9 Å². The van der Waals surface area contributed by atoms with Crippen LogP contribution in [0, 0.1) is 19.7 Å². The Balaban J connectivity index is 2.24. The second-order valence-electron chi connectivity index (χ2n) is 4.46. The maximum atomic E-state index is 14.0. The Morgan fingerprint density at radius 1 is 1.42 bits per heavy atom. The van der Waals surface area contributed by atoms with Crippen molar-refractivity contribution in [2.45, 2.75) is 26.3 Å². The molecule has 2 aromatic rings. The van der Waals surface area contributed by atoms with Crippen molar-refractivity contribution >= 4 is 27.3 Å². The van der Waals surface area contributed by atoms with Gasteiger partial charge < -0.3 is 5.32 Å². The van der Waals surface area contributed by atoms with Gasteiger partial charge in [0.2, 0.25) is 0 Å². The fourth-order valence-corrected chi connectivity index (χ4v) is 3.27. The molecule has 1 heterocycles. The van der Waals surface area contributed by atoms with Gasteiger partial charge in [-0.2, -0.15) is 0 Å². The van der Waals surface area contributed by atoms with Crippen LogP contribution in [0.4, 0.5) is 4.39 Å². The lowest BCUT2D eigenvalue weighted by atomic mass is 10.0. The lowest BCUT2D eigenvalue weighted by molar-refractivity contribution is 0.532. The number of likely N-dealkylation sites (N-methyl/N-ethyl adjacent to an activating group) is 1. The van der Waals surface area contributed by atoms with Crippen molar-refractivity contribution in [2.24, 2.45) is 0 Å². The molecule has 0 aliphatic rings. The number of thiazole rings is 1. The Morgan fingerprint density at radius 2 is 2.16 bits per heavy atom. The van der Waals surface area contributed by atoms with Gasteiger partial charge in [-0.15, -0.1) is 11.3 Å². The molecular formula is C14H16BrFN2S. The first-order valence-electron chi connectivity index (χ1n) is 6.06. The Morgan fingerprint density at radius 3 is 2.68 bits per heavy atom. The van der Waals surface area contributed by atoms with E-state index < -0.39 is 0 Å². The highest BCUT2D eigenvalue weighted by molar-refractivity contribution is 9.10. The first-order valence-corrected chi connectivity index (χ1v) is 7.67. The number of aromatic nitrogens is 1. The number of hydrogen-bond acceptors (Lipinski definition) is 3. The van der Waals surface area contributed by atoms with Crippen molar-refractivity contribution in [1.82, 2.24) is 10.3 Å². The molecule has 19 heavy (non-hydrogen) atoms. The summed E-state index contributed by atoms with van der Waals surface area (Å²) >= 11 is 4.96. The molecule has 1 aromatic carbocycles. The summed E-state index contributed by atoms with van der Waals surface area (Å²) in [6.07, 6.45) is 0.703. The van der Waals surface area contributed by atoms with Crippen LogP contribution in [-0.4, -0.2) is 12.0 Å². The van der Waals surface area contributed by atoms with Crippen LogP contribution < -0.4 is 5.32 Å². The van der Waals surface area contributed by atoms with Crippen LogP contribution in [0.1, 0.15) is 27.2 Å². The minimum Gasteiger partial charge on any atom is -0.313 e. The number of hydrogen-bond donors (Lipinski definition) is 1. The largest absolute Gasteiger partial charge is 0.313 e. The van der Waals surface area contributed by atoms with Gasteiger partial charge in [0.05, 0.1) is 10.7 Å². The smallest absolute Gasteiger partial charge is 0.129 e. The summed E-state index contributed by atoms with van der Waals surface area (Å²) in [6, 6.07) is 5.12. The summed E-state index contributed by atoms with van der Waals surface area (Å²) in [5.74, 6) is -0.196. The van der Waals surface area contributed by atoms with E-state index in [-0.39, 0.29) is 11.9 Å². The Labute approximate surface area is 125 Å². The zero-order valence-electron chi connectivity index (χ0n) is 11.1. The molecule has 1 atom stereocenters. The average Bonchev–Trinajstić information content (AvgIpc) is 2.66. The van der Waals surface area contributed by atoms with Crippen LogP contribution in [0.25, 0.3) is 0 Å². The maximum Gasteiger partial charge on any atom is 0.129 e. The zero-order valence-corrected chi connectivity index (χ0v) is 13.5. The summed E-state index contributed by atoms with van der Waals surface area (Å²) < 4.78 is 14.7. The lowest BCUT2D eigenvalue weighted by Gasteiger charge is -2.16. The molecule has 102 valence electrons. The van der Waals surface area contributed by atoms with E-state index in [0.29, 0.717) is 12.0 Å². The van der Waals surface area contributed by atoms with E-state index in [0.717, 1.165) is 15.2 Å². The second-order valence-corrected chi connectivity index (χ2v) is 6.66. The van der Waals surface area contributed by atoms with E-state index in [1.807, 2.05) is 26.1 Å². The van der Waals surface area contributed by atoms with Gasteiger partial charge in [0.1, 0.15) is 5.82 Å². The van der Waals surface area contributed by atoms with E-state index in [1.165, 1.54) is 10.9 Å². The standard InChI is InChI=1S/C14H16BrFN2S/c1-8-9(2)19-14(18-8)7-13(17-3)11-5-4-10(15)6-12(11)16/h4-6,13,17H,7H2,1-3H3. The fraction of sp³-hybridized carbons (Fsp3) is 0.357. The van der Waals surface area contributed by atoms with Crippen molar-refractivity contribution < 1.29 is 4.39 Å². The van der Waals surface area contributed by atoms with Gasteiger partial charge >= 0.3 is 0 Å². The fourth-order valence-electron chi connectivity index (χ4n) is 1.95. The van der Waals surface area contributed by atoms with E-state index in [2.05, 4.69) is 33.2 Å². The molecule has 1 N–H and O–H groups in total. The van der Waals surface area contributed by atoms with Crippen LogP contribution in [0.2, 0.25) is 0 Å². The van der Waals surface area contributed by atoms with Crippen molar-refractivity contribution in [3.05, 3.63) is 49.6 Å². The van der Waals surface area contributed by atoms with Gasteiger partial charge in [0.15, 0.2) is 0 Å². The summed E-state index contributed by atoms with van der Waals surface area (Å²) in [5.41, 5.74) is 1.74. The summed E-state index contributed by atoms with van der Waals surface area (Å²) in [7, 11) is 1.85. The molecule has 0 spiro atoms.